The van der Waals surface area contributed by atoms with Crippen LogP contribution in [0.1, 0.15) is 11.1 Å². The van der Waals surface area contributed by atoms with E-state index in [9.17, 15) is 8.42 Å². The average Bonchev–Trinajstić information content (AvgIpc) is 2.45. The van der Waals surface area contributed by atoms with Crippen LogP contribution in [0.5, 0.6) is 0 Å². The van der Waals surface area contributed by atoms with Gasteiger partial charge in [-0.1, -0.05) is 48.0 Å². The Morgan fingerprint density at radius 3 is 2.30 bits per heavy atom. The first-order valence-electron chi connectivity index (χ1n) is 5.89. The molecule has 0 bridgehead atoms. The predicted molar refractivity (Wildman–Crippen MR) is 84.7 cm³/mol. The normalized spacial score (nSPS) is 11.4. The molecule has 0 saturated heterocycles. The van der Waals surface area contributed by atoms with E-state index in [2.05, 4.69) is 0 Å². The lowest BCUT2D eigenvalue weighted by Crippen LogP contribution is -2.01. The molecule has 0 fully saturated rings. The fourth-order valence-corrected chi connectivity index (χ4v) is 4.10. The van der Waals surface area contributed by atoms with E-state index in [1.807, 2.05) is 37.3 Å². The molecule has 6 heteroatoms. The Hall–Kier alpha value is -0.960. The third-order valence-corrected chi connectivity index (χ3v) is 6.02. The first kappa shape index (κ1) is 15.4. The van der Waals surface area contributed by atoms with Gasteiger partial charge in [-0.2, -0.15) is 10.9 Å². The average molecular weight is 405 g/mol. The van der Waals surface area contributed by atoms with Crippen molar-refractivity contribution in [2.75, 3.05) is 0 Å². The van der Waals surface area contributed by atoms with Crippen molar-refractivity contribution in [2.24, 2.45) is 0 Å². The largest absolute Gasteiger partial charge is 0.307 e. The molecule has 0 aliphatic heterocycles. The van der Waals surface area contributed by atoms with Gasteiger partial charge in [0.1, 0.15) is 0 Å². The quantitative estimate of drug-likeness (QED) is 0.543. The second-order valence-electron chi connectivity index (χ2n) is 4.13. The zero-order valence-corrected chi connectivity index (χ0v) is 13.8. The van der Waals surface area contributed by atoms with Crippen molar-refractivity contribution >= 4 is 32.2 Å². The summed E-state index contributed by atoms with van der Waals surface area (Å²) in [6.07, 6.45) is 0. The molecule has 0 aromatic heterocycles. The van der Waals surface area contributed by atoms with Gasteiger partial charge in [-0.25, -0.2) is 0 Å². The molecule has 0 heterocycles. The van der Waals surface area contributed by atoms with Crippen molar-refractivity contribution in [1.29, 1.82) is 0 Å². The highest BCUT2D eigenvalue weighted by molar-refractivity contribution is 14.2. The Bertz CT molecular complexity index is 639. The lowest BCUT2D eigenvalue weighted by atomic mass is 10.2. The topological polar surface area (TPSA) is 52.6 Å². The van der Waals surface area contributed by atoms with Gasteiger partial charge in [0.25, 0.3) is 0 Å². The summed E-state index contributed by atoms with van der Waals surface area (Å²) in [5.41, 5.74) is 1.99. The van der Waals surface area contributed by atoms with E-state index in [1.165, 1.54) is 12.1 Å². The number of benzene rings is 2. The van der Waals surface area contributed by atoms with Crippen molar-refractivity contribution in [2.45, 2.75) is 18.4 Å². The van der Waals surface area contributed by atoms with Crippen molar-refractivity contribution in [1.82, 2.24) is 0 Å². The molecule has 0 amide bonds. The molecule has 20 heavy (non-hydrogen) atoms. The molecule has 0 saturated carbocycles. The number of hydrogen-bond donors (Lipinski definition) is 0. The second kappa shape index (κ2) is 7.16. The van der Waals surface area contributed by atoms with Crippen molar-refractivity contribution in [3.63, 3.8) is 0 Å². The minimum atomic E-state index is -3.71. The minimum Gasteiger partial charge on any atom is -0.298 e. The Morgan fingerprint density at radius 1 is 1.00 bits per heavy atom. The van der Waals surface area contributed by atoms with Crippen LogP contribution in [0.4, 0.5) is 0 Å². The van der Waals surface area contributed by atoms with E-state index >= 15 is 0 Å². The van der Waals surface area contributed by atoms with Crippen LogP contribution in [0.15, 0.2) is 59.5 Å². The molecule has 0 aliphatic carbocycles. The summed E-state index contributed by atoms with van der Waals surface area (Å²) in [4.78, 5) is 0.158. The predicted octanol–water partition coefficient (Wildman–Crippen LogP) is 3.72. The van der Waals surface area contributed by atoms with Crippen LogP contribution in [-0.4, -0.2) is 8.42 Å². The maximum atomic E-state index is 11.9. The number of hydrogen-bond acceptors (Lipinski definition) is 4. The number of halogens is 1. The molecule has 0 unspecified atom stereocenters. The van der Waals surface area contributed by atoms with E-state index in [-0.39, 0.29) is 4.90 Å². The van der Waals surface area contributed by atoms with Crippen molar-refractivity contribution in [3.8, 4) is 0 Å². The van der Waals surface area contributed by atoms with Gasteiger partial charge in [0, 0.05) is 0 Å². The SMILES string of the molecule is Cc1ccc(S(=O)(=O)O[I]OCc2ccccc2)cc1. The molecule has 2 aromatic rings. The molecule has 0 N–H and O–H groups in total. The van der Waals surface area contributed by atoms with Crippen molar-refractivity contribution < 1.29 is 14.0 Å². The van der Waals surface area contributed by atoms with E-state index in [4.69, 9.17) is 5.58 Å². The van der Waals surface area contributed by atoms with Gasteiger partial charge in [-0.05, 0) is 24.6 Å². The lowest BCUT2D eigenvalue weighted by molar-refractivity contribution is 0.407. The highest BCUT2D eigenvalue weighted by Crippen LogP contribution is 2.25. The van der Waals surface area contributed by atoms with Gasteiger partial charge in [0.05, 0.1) is 11.5 Å². The smallest absolute Gasteiger partial charge is 0.298 e. The van der Waals surface area contributed by atoms with Gasteiger partial charge in [-0.15, -0.1) is 0 Å². The molecular weight excluding hydrogens is 391 g/mol. The maximum Gasteiger partial charge on any atom is 0.307 e. The standard InChI is InChI=1S/C14H14IO4S/c1-12-7-9-14(10-8-12)20(16,17)19-15-18-11-13-5-3-2-4-6-13/h2-10H,11H2,1H3. The van der Waals surface area contributed by atoms with Gasteiger partial charge < -0.3 is 0 Å². The molecule has 0 atom stereocenters. The van der Waals surface area contributed by atoms with E-state index in [0.717, 1.165) is 11.1 Å². The maximum absolute atomic E-state index is 11.9. The third kappa shape index (κ3) is 4.55. The van der Waals surface area contributed by atoms with Crippen LogP contribution in [0, 0.1) is 6.92 Å². The van der Waals surface area contributed by atoms with Gasteiger partial charge in [0.2, 0.25) is 22.0 Å². The van der Waals surface area contributed by atoms with Crippen LogP contribution < -0.4 is 0 Å². The summed E-state index contributed by atoms with van der Waals surface area (Å²) in [7, 11) is -3.71. The van der Waals surface area contributed by atoms with Crippen molar-refractivity contribution in [3.05, 3.63) is 65.7 Å². The van der Waals surface area contributed by atoms with Crippen LogP contribution in [0.3, 0.4) is 0 Å². The summed E-state index contributed by atoms with van der Waals surface area (Å²) in [5, 5.41) is 0. The Labute approximate surface area is 130 Å². The van der Waals surface area contributed by atoms with Gasteiger partial charge in [-0.3, -0.25) is 3.07 Å². The summed E-state index contributed by atoms with van der Waals surface area (Å²) in [5.74, 6) is 0. The third-order valence-electron chi connectivity index (χ3n) is 2.53. The van der Waals surface area contributed by atoms with E-state index < -0.39 is 32.2 Å². The zero-order chi connectivity index (χ0) is 14.4. The van der Waals surface area contributed by atoms with Crippen LogP contribution >= 0.6 is 22.0 Å². The Kier molecular flexibility index (Phi) is 5.53. The lowest BCUT2D eigenvalue weighted by Gasteiger charge is -2.04. The monoisotopic (exact) mass is 405 g/mol. The first-order chi connectivity index (χ1) is 9.58. The summed E-state index contributed by atoms with van der Waals surface area (Å²) in [6.45, 7) is 2.25. The fraction of sp³-hybridized carbons (Fsp3) is 0.143. The van der Waals surface area contributed by atoms with E-state index in [0.29, 0.717) is 6.61 Å². The minimum absolute atomic E-state index is 0.158. The number of rotatable bonds is 6. The molecule has 0 spiro atoms. The van der Waals surface area contributed by atoms with Crippen LogP contribution in [0.2, 0.25) is 0 Å². The fourth-order valence-electron chi connectivity index (χ4n) is 1.45. The summed E-state index contributed by atoms with van der Waals surface area (Å²) in [6, 6.07) is 16.1. The summed E-state index contributed by atoms with van der Waals surface area (Å²) >= 11 is -1.31. The Morgan fingerprint density at radius 2 is 1.65 bits per heavy atom. The van der Waals surface area contributed by atoms with Crippen LogP contribution in [0.25, 0.3) is 0 Å². The molecule has 0 aliphatic rings. The first-order valence-corrected chi connectivity index (χ1v) is 9.06. The van der Waals surface area contributed by atoms with Crippen LogP contribution in [-0.2, 0) is 22.3 Å². The zero-order valence-electron chi connectivity index (χ0n) is 10.8. The van der Waals surface area contributed by atoms with Gasteiger partial charge >= 0.3 is 10.1 Å². The molecule has 107 valence electrons. The Balaban J connectivity index is 1.85. The molecular formula is C14H14IO4S. The molecule has 4 nitrogen and oxygen atoms in total. The number of aryl methyl sites for hydroxylation is 1. The van der Waals surface area contributed by atoms with E-state index in [1.54, 1.807) is 12.1 Å². The molecule has 2 rings (SSSR count). The molecule has 1 radical (unpaired) electrons. The van der Waals surface area contributed by atoms with Gasteiger partial charge in [0.15, 0.2) is 0 Å². The molecule has 2 aromatic carbocycles. The highest BCUT2D eigenvalue weighted by Gasteiger charge is 2.16. The highest BCUT2D eigenvalue weighted by atomic mass is 127. The summed E-state index contributed by atoms with van der Waals surface area (Å²) < 4.78 is 34.0. The second-order valence-corrected chi connectivity index (χ2v) is 7.70.